The summed E-state index contributed by atoms with van der Waals surface area (Å²) in [6.07, 6.45) is 1.43. The fourth-order valence-corrected chi connectivity index (χ4v) is 0.515. The molecule has 0 aliphatic carbocycles. The molecule has 0 saturated heterocycles. The summed E-state index contributed by atoms with van der Waals surface area (Å²) in [5.74, 6) is 0.516. The minimum atomic E-state index is -0.162. The number of aromatic amines is 1. The van der Waals surface area contributed by atoms with Gasteiger partial charge < -0.3 is 10.7 Å². The van der Waals surface area contributed by atoms with Gasteiger partial charge in [-0.1, -0.05) is 0 Å². The van der Waals surface area contributed by atoms with Crippen molar-refractivity contribution in [2.75, 3.05) is 0 Å². The van der Waals surface area contributed by atoms with Crippen LogP contribution in [-0.4, -0.2) is 9.97 Å². The van der Waals surface area contributed by atoms with E-state index in [9.17, 15) is 4.79 Å². The summed E-state index contributed by atoms with van der Waals surface area (Å²) in [5.41, 5.74) is 5.02. The number of halogens is 2. The maximum absolute atomic E-state index is 10.5. The minimum Gasteiger partial charge on any atom is -0.324 e. The van der Waals surface area contributed by atoms with Gasteiger partial charge in [0.1, 0.15) is 5.82 Å². The van der Waals surface area contributed by atoms with Crippen LogP contribution in [0.2, 0.25) is 0 Å². The Balaban J connectivity index is 0. The van der Waals surface area contributed by atoms with Crippen molar-refractivity contribution in [3.63, 3.8) is 0 Å². The quantitative estimate of drug-likeness (QED) is 0.670. The third kappa shape index (κ3) is 3.98. The summed E-state index contributed by atoms with van der Waals surface area (Å²) >= 11 is 0. The smallest absolute Gasteiger partial charge is 0.250 e. The summed E-state index contributed by atoms with van der Waals surface area (Å²) in [7, 11) is 0. The zero-order valence-electron chi connectivity index (χ0n) is 5.61. The molecule has 1 heterocycles. The summed E-state index contributed by atoms with van der Waals surface area (Å²) in [5, 5.41) is 0. The maximum Gasteiger partial charge on any atom is 0.250 e. The molecule has 0 radical (unpaired) electrons. The molecule has 1 aromatic heterocycles. The van der Waals surface area contributed by atoms with E-state index in [-0.39, 0.29) is 36.9 Å². The minimum absolute atomic E-state index is 0. The van der Waals surface area contributed by atoms with Crippen molar-refractivity contribution in [1.29, 1.82) is 0 Å². The second-order valence-electron chi connectivity index (χ2n) is 1.58. The van der Waals surface area contributed by atoms with Gasteiger partial charge in [-0.05, 0) is 0 Å². The van der Waals surface area contributed by atoms with Gasteiger partial charge >= 0.3 is 0 Å². The number of rotatable bonds is 1. The molecule has 6 heteroatoms. The molecule has 0 aromatic carbocycles. The first-order chi connectivity index (χ1) is 4.33. The average molecular weight is 198 g/mol. The molecular formula is C5H9Cl2N3O. The number of aromatic nitrogens is 2. The van der Waals surface area contributed by atoms with Gasteiger partial charge in [0.25, 0.3) is 5.56 Å². The molecule has 1 aromatic rings. The zero-order valence-corrected chi connectivity index (χ0v) is 7.24. The van der Waals surface area contributed by atoms with E-state index in [1.54, 1.807) is 0 Å². The van der Waals surface area contributed by atoms with Gasteiger partial charge in [-0.25, -0.2) is 4.98 Å². The molecule has 11 heavy (non-hydrogen) atoms. The lowest BCUT2D eigenvalue weighted by atomic mass is 10.5. The standard InChI is InChI=1S/C5H7N3O.2ClH/c6-3-4-7-2-1-5(9)8-4;;/h1-2H,3,6H2,(H,7,8,9);2*1H. The molecule has 0 spiro atoms. The normalized spacial score (nSPS) is 7.73. The molecule has 0 aliphatic rings. The van der Waals surface area contributed by atoms with E-state index in [4.69, 9.17) is 5.73 Å². The van der Waals surface area contributed by atoms with Gasteiger partial charge in [0.15, 0.2) is 0 Å². The van der Waals surface area contributed by atoms with E-state index in [2.05, 4.69) is 9.97 Å². The van der Waals surface area contributed by atoms with Crippen LogP contribution in [0.1, 0.15) is 5.82 Å². The molecule has 0 saturated carbocycles. The Morgan fingerprint density at radius 2 is 2.18 bits per heavy atom. The van der Waals surface area contributed by atoms with E-state index in [1.807, 2.05) is 0 Å². The second-order valence-corrected chi connectivity index (χ2v) is 1.58. The molecule has 0 bridgehead atoms. The Kier molecular flexibility index (Phi) is 7.29. The largest absolute Gasteiger partial charge is 0.324 e. The highest BCUT2D eigenvalue weighted by Gasteiger charge is 1.86. The Morgan fingerprint density at radius 3 is 2.55 bits per heavy atom. The lowest BCUT2D eigenvalue weighted by Crippen LogP contribution is -2.11. The van der Waals surface area contributed by atoms with E-state index < -0.39 is 0 Å². The molecule has 4 nitrogen and oxygen atoms in total. The number of nitrogens with one attached hydrogen (secondary N) is 1. The molecule has 3 N–H and O–H groups in total. The molecule has 0 unspecified atom stereocenters. The fourth-order valence-electron chi connectivity index (χ4n) is 0.515. The third-order valence-electron chi connectivity index (χ3n) is 0.917. The zero-order chi connectivity index (χ0) is 6.69. The molecule has 0 fully saturated rings. The van der Waals surface area contributed by atoms with Crippen molar-refractivity contribution in [3.05, 3.63) is 28.4 Å². The van der Waals surface area contributed by atoms with Crippen molar-refractivity contribution in [3.8, 4) is 0 Å². The first-order valence-electron chi connectivity index (χ1n) is 2.57. The van der Waals surface area contributed by atoms with Crippen molar-refractivity contribution < 1.29 is 0 Å². The van der Waals surface area contributed by atoms with Crippen LogP contribution in [0.25, 0.3) is 0 Å². The Hall–Kier alpha value is -0.580. The van der Waals surface area contributed by atoms with Crippen LogP contribution in [-0.2, 0) is 6.54 Å². The van der Waals surface area contributed by atoms with Crippen molar-refractivity contribution in [2.45, 2.75) is 6.54 Å². The van der Waals surface area contributed by atoms with Gasteiger partial charge in [-0.15, -0.1) is 24.8 Å². The van der Waals surface area contributed by atoms with Crippen LogP contribution in [0.4, 0.5) is 0 Å². The summed E-state index contributed by atoms with van der Waals surface area (Å²) < 4.78 is 0. The monoisotopic (exact) mass is 197 g/mol. The van der Waals surface area contributed by atoms with Gasteiger partial charge in [0.2, 0.25) is 0 Å². The van der Waals surface area contributed by atoms with Crippen molar-refractivity contribution >= 4 is 24.8 Å². The van der Waals surface area contributed by atoms with Crippen molar-refractivity contribution in [2.24, 2.45) is 5.73 Å². The highest BCUT2D eigenvalue weighted by atomic mass is 35.5. The van der Waals surface area contributed by atoms with Crippen LogP contribution < -0.4 is 11.3 Å². The molecule has 1 rings (SSSR count). The van der Waals surface area contributed by atoms with Crippen LogP contribution in [0.3, 0.4) is 0 Å². The maximum atomic E-state index is 10.5. The molecule has 0 amide bonds. The lowest BCUT2D eigenvalue weighted by molar-refractivity contribution is 0.893. The van der Waals surface area contributed by atoms with Crippen LogP contribution in [0.5, 0.6) is 0 Å². The molecule has 64 valence electrons. The van der Waals surface area contributed by atoms with E-state index >= 15 is 0 Å². The van der Waals surface area contributed by atoms with E-state index in [0.29, 0.717) is 5.82 Å². The lowest BCUT2D eigenvalue weighted by Gasteiger charge is -1.90. The van der Waals surface area contributed by atoms with Gasteiger partial charge in [-0.2, -0.15) is 0 Å². The Labute approximate surface area is 76.0 Å². The highest BCUT2D eigenvalue weighted by molar-refractivity contribution is 5.85. The predicted molar refractivity (Wildman–Crippen MR) is 47.2 cm³/mol. The highest BCUT2D eigenvalue weighted by Crippen LogP contribution is 1.76. The van der Waals surface area contributed by atoms with Gasteiger partial charge in [0.05, 0.1) is 6.54 Å². The van der Waals surface area contributed by atoms with Crippen LogP contribution in [0, 0.1) is 0 Å². The topological polar surface area (TPSA) is 71.8 Å². The van der Waals surface area contributed by atoms with Gasteiger partial charge in [-0.3, -0.25) is 4.79 Å². The van der Waals surface area contributed by atoms with Gasteiger partial charge in [0, 0.05) is 12.3 Å². The summed E-state index contributed by atoms with van der Waals surface area (Å²) in [6, 6.07) is 1.35. The summed E-state index contributed by atoms with van der Waals surface area (Å²) in [6.45, 7) is 0.274. The SMILES string of the molecule is Cl.Cl.NCc1nccc(=O)[nH]1. The Bertz CT molecular complexity index is 249. The summed E-state index contributed by atoms with van der Waals surface area (Å²) in [4.78, 5) is 16.7. The van der Waals surface area contributed by atoms with Crippen molar-refractivity contribution in [1.82, 2.24) is 9.97 Å². The number of hydrogen-bond acceptors (Lipinski definition) is 3. The van der Waals surface area contributed by atoms with Crippen LogP contribution >= 0.6 is 24.8 Å². The number of hydrogen-bond donors (Lipinski definition) is 2. The Morgan fingerprint density at radius 1 is 1.55 bits per heavy atom. The van der Waals surface area contributed by atoms with Crippen LogP contribution in [0.15, 0.2) is 17.1 Å². The predicted octanol–water partition coefficient (Wildman–Crippen LogP) is 0.0722. The molecular weight excluding hydrogens is 189 g/mol. The third-order valence-corrected chi connectivity index (χ3v) is 0.917. The number of nitrogens with two attached hydrogens (primary N) is 1. The number of nitrogens with zero attached hydrogens (tertiary/aromatic N) is 1. The number of H-pyrrole nitrogens is 1. The molecule has 0 aliphatic heterocycles. The van der Waals surface area contributed by atoms with E-state index in [0.717, 1.165) is 0 Å². The fraction of sp³-hybridized carbons (Fsp3) is 0.200. The first kappa shape index (κ1) is 13.0. The first-order valence-corrected chi connectivity index (χ1v) is 2.57. The van der Waals surface area contributed by atoms with E-state index in [1.165, 1.54) is 12.3 Å². The second kappa shape index (κ2) is 6.15. The average Bonchev–Trinajstić information content (AvgIpc) is 1.88. The molecule has 0 atom stereocenters.